The number of aliphatic carboxylic acids is 1. The Morgan fingerprint density at radius 1 is 1.19 bits per heavy atom. The van der Waals surface area contributed by atoms with Gasteiger partial charge in [0.1, 0.15) is 6.61 Å². The Kier molecular flexibility index (Phi) is 7.06. The first-order chi connectivity index (χ1) is 9.78. The van der Waals surface area contributed by atoms with E-state index in [1.165, 1.54) is 0 Å². The fourth-order valence-electron chi connectivity index (χ4n) is 2.16. The second kappa shape index (κ2) is 8.30. The molecule has 0 unspecified atom stereocenters. The highest BCUT2D eigenvalue weighted by Crippen LogP contribution is 2.24. The largest absolute Gasteiger partial charge is 0.481 e. The van der Waals surface area contributed by atoms with Crippen LogP contribution in [0.25, 0.3) is 0 Å². The van der Waals surface area contributed by atoms with Gasteiger partial charge in [-0.05, 0) is 25.7 Å². The van der Waals surface area contributed by atoms with Gasteiger partial charge in [-0.1, -0.05) is 0 Å². The van der Waals surface area contributed by atoms with Crippen molar-refractivity contribution in [1.82, 2.24) is 5.32 Å². The highest BCUT2D eigenvalue weighted by molar-refractivity contribution is 7.85. The second-order valence-electron chi connectivity index (χ2n) is 5.03. The predicted molar refractivity (Wildman–Crippen MR) is 73.1 cm³/mol. The Bertz CT molecular complexity index is 454. The first-order valence-corrected chi connectivity index (χ1v) is 8.54. The lowest BCUT2D eigenvalue weighted by atomic mass is 9.86. The van der Waals surface area contributed by atoms with Crippen molar-refractivity contribution in [2.45, 2.75) is 31.7 Å². The van der Waals surface area contributed by atoms with Crippen LogP contribution < -0.4 is 5.32 Å². The summed E-state index contributed by atoms with van der Waals surface area (Å²) in [7, 11) is -3.49. The number of carboxylic acids is 1. The van der Waals surface area contributed by atoms with Crippen LogP contribution in [0, 0.1) is 5.92 Å². The van der Waals surface area contributed by atoms with Crippen LogP contribution in [0.5, 0.6) is 0 Å². The highest BCUT2D eigenvalue weighted by atomic mass is 32.2. The van der Waals surface area contributed by atoms with E-state index in [0.717, 1.165) is 6.26 Å². The number of hydrogen-bond acceptors (Lipinski definition) is 6. The van der Waals surface area contributed by atoms with Crippen LogP contribution in [0.3, 0.4) is 0 Å². The van der Waals surface area contributed by atoms with E-state index in [9.17, 15) is 18.0 Å². The summed E-state index contributed by atoms with van der Waals surface area (Å²) in [5, 5.41) is 11.6. The van der Waals surface area contributed by atoms with Gasteiger partial charge in [-0.15, -0.1) is 0 Å². The molecule has 0 aromatic rings. The zero-order chi connectivity index (χ0) is 15.9. The fourth-order valence-corrected chi connectivity index (χ4v) is 2.53. The lowest BCUT2D eigenvalue weighted by molar-refractivity contribution is -0.142. The summed E-state index contributed by atoms with van der Waals surface area (Å²) in [4.78, 5) is 22.4. The van der Waals surface area contributed by atoms with Crippen LogP contribution in [-0.2, 0) is 28.6 Å². The first-order valence-electron chi connectivity index (χ1n) is 6.72. The minimum absolute atomic E-state index is 0.00620. The van der Waals surface area contributed by atoms with Gasteiger partial charge in [0.25, 0.3) is 10.1 Å². The molecule has 0 aromatic heterocycles. The fraction of sp³-hybridized carbons (Fsp3) is 0.833. The van der Waals surface area contributed by atoms with Gasteiger partial charge in [-0.2, -0.15) is 8.42 Å². The topological polar surface area (TPSA) is 119 Å². The van der Waals surface area contributed by atoms with E-state index in [4.69, 9.17) is 9.84 Å². The summed E-state index contributed by atoms with van der Waals surface area (Å²) in [6, 6.07) is -0.0241. The lowest BCUT2D eigenvalue weighted by Gasteiger charge is -2.26. The molecule has 0 heterocycles. The number of nitrogens with one attached hydrogen (secondary N) is 1. The van der Waals surface area contributed by atoms with E-state index in [0.29, 0.717) is 25.7 Å². The average Bonchev–Trinajstić information content (AvgIpc) is 2.37. The Hall–Kier alpha value is -1.19. The van der Waals surface area contributed by atoms with Crippen molar-refractivity contribution in [3.05, 3.63) is 0 Å². The molecule has 0 spiro atoms. The average molecular weight is 323 g/mol. The molecule has 1 rings (SSSR count). The number of hydrogen-bond donors (Lipinski definition) is 2. The molecule has 2 N–H and O–H groups in total. The number of amides is 1. The van der Waals surface area contributed by atoms with Gasteiger partial charge in [-0.3, -0.25) is 13.8 Å². The van der Waals surface area contributed by atoms with E-state index < -0.39 is 16.1 Å². The van der Waals surface area contributed by atoms with Crippen molar-refractivity contribution in [2.24, 2.45) is 5.92 Å². The minimum Gasteiger partial charge on any atom is -0.481 e. The molecule has 8 nitrogen and oxygen atoms in total. The lowest BCUT2D eigenvalue weighted by Crippen LogP contribution is -2.40. The maximum Gasteiger partial charge on any atom is 0.306 e. The third-order valence-electron chi connectivity index (χ3n) is 3.20. The quantitative estimate of drug-likeness (QED) is 0.466. The molecule has 0 aliphatic heterocycles. The summed E-state index contributed by atoms with van der Waals surface area (Å²) in [5.41, 5.74) is 0. The van der Waals surface area contributed by atoms with Gasteiger partial charge < -0.3 is 15.2 Å². The molecule has 122 valence electrons. The predicted octanol–water partition coefficient (Wildman–Crippen LogP) is -0.261. The second-order valence-corrected chi connectivity index (χ2v) is 6.68. The van der Waals surface area contributed by atoms with Gasteiger partial charge in [-0.25, -0.2) is 0 Å². The van der Waals surface area contributed by atoms with Crippen molar-refractivity contribution in [3.63, 3.8) is 0 Å². The van der Waals surface area contributed by atoms with Crippen LogP contribution in [0.1, 0.15) is 25.7 Å². The molecule has 1 aliphatic rings. The van der Waals surface area contributed by atoms with Crippen LogP contribution in [-0.4, -0.2) is 57.5 Å². The van der Waals surface area contributed by atoms with Crippen LogP contribution in [0.15, 0.2) is 0 Å². The maximum atomic E-state index is 11.6. The number of ether oxygens (including phenoxy) is 1. The Balaban J connectivity index is 2.10. The van der Waals surface area contributed by atoms with Crippen LogP contribution in [0.2, 0.25) is 0 Å². The maximum absolute atomic E-state index is 11.6. The van der Waals surface area contributed by atoms with E-state index in [1.807, 2.05) is 0 Å². The Labute approximate surface area is 123 Å². The van der Waals surface area contributed by atoms with E-state index >= 15 is 0 Å². The summed E-state index contributed by atoms with van der Waals surface area (Å²) < 4.78 is 30.8. The van der Waals surface area contributed by atoms with E-state index in [1.54, 1.807) is 0 Å². The molecule has 9 heteroatoms. The number of carboxylic acid groups (broad SMARTS) is 1. The normalized spacial score (nSPS) is 22.7. The molecule has 1 fully saturated rings. The van der Waals surface area contributed by atoms with Gasteiger partial charge >= 0.3 is 5.97 Å². The van der Waals surface area contributed by atoms with Crippen molar-refractivity contribution >= 4 is 22.0 Å². The van der Waals surface area contributed by atoms with Crippen molar-refractivity contribution in [1.29, 1.82) is 0 Å². The molecule has 0 saturated heterocycles. The molecule has 0 atom stereocenters. The molecular weight excluding hydrogens is 302 g/mol. The van der Waals surface area contributed by atoms with Crippen molar-refractivity contribution < 1.29 is 32.0 Å². The first kappa shape index (κ1) is 17.9. The van der Waals surface area contributed by atoms with Crippen LogP contribution in [0.4, 0.5) is 0 Å². The van der Waals surface area contributed by atoms with E-state index in [2.05, 4.69) is 9.50 Å². The van der Waals surface area contributed by atoms with Gasteiger partial charge in [0, 0.05) is 6.04 Å². The zero-order valence-corrected chi connectivity index (χ0v) is 12.7. The molecule has 1 saturated carbocycles. The Morgan fingerprint density at radius 3 is 2.33 bits per heavy atom. The molecule has 0 aromatic carbocycles. The van der Waals surface area contributed by atoms with Gasteiger partial charge in [0.2, 0.25) is 5.91 Å². The summed E-state index contributed by atoms with van der Waals surface area (Å²) in [6.07, 6.45) is 3.33. The smallest absolute Gasteiger partial charge is 0.306 e. The number of carbonyl (C=O) groups excluding carboxylic acids is 1. The summed E-state index contributed by atoms with van der Waals surface area (Å²) in [5.74, 6) is -1.40. The molecule has 0 radical (unpaired) electrons. The molecule has 1 aliphatic carbocycles. The molecule has 0 bridgehead atoms. The third-order valence-corrected chi connectivity index (χ3v) is 3.79. The van der Waals surface area contributed by atoms with Gasteiger partial charge in [0.15, 0.2) is 0 Å². The summed E-state index contributed by atoms with van der Waals surface area (Å²) >= 11 is 0. The molecule has 1 amide bonds. The highest BCUT2D eigenvalue weighted by Gasteiger charge is 2.26. The SMILES string of the molecule is CS(=O)(=O)OCCOCC(=O)NC1CCC(C(=O)O)CC1. The van der Waals surface area contributed by atoms with E-state index in [-0.39, 0.29) is 37.7 Å². The summed E-state index contributed by atoms with van der Waals surface area (Å²) in [6.45, 7) is -0.298. The Morgan fingerprint density at radius 2 is 1.81 bits per heavy atom. The van der Waals surface area contributed by atoms with Crippen molar-refractivity contribution in [2.75, 3.05) is 26.1 Å². The molecule has 21 heavy (non-hydrogen) atoms. The molecular formula is C12H21NO7S. The zero-order valence-electron chi connectivity index (χ0n) is 11.9. The van der Waals surface area contributed by atoms with Crippen LogP contribution >= 0.6 is 0 Å². The van der Waals surface area contributed by atoms with Crippen molar-refractivity contribution in [3.8, 4) is 0 Å². The number of rotatable bonds is 8. The standard InChI is InChI=1S/C12H21NO7S/c1-21(17,18)20-7-6-19-8-11(14)13-10-4-2-9(3-5-10)12(15)16/h9-10H,2-8H2,1H3,(H,13,14)(H,15,16). The monoisotopic (exact) mass is 323 g/mol. The third kappa shape index (κ3) is 7.98. The number of carbonyl (C=O) groups is 2. The minimum atomic E-state index is -3.49. The van der Waals surface area contributed by atoms with Gasteiger partial charge in [0.05, 0.1) is 25.4 Å².